The Morgan fingerprint density at radius 2 is 1.85 bits per heavy atom. The van der Waals surface area contributed by atoms with E-state index in [0.29, 0.717) is 18.8 Å². The number of likely N-dealkylation sites (tertiary alicyclic amines) is 1. The van der Waals surface area contributed by atoms with E-state index in [9.17, 15) is 4.79 Å². The van der Waals surface area contributed by atoms with Crippen molar-refractivity contribution in [3.05, 3.63) is 0 Å². The minimum Gasteiger partial charge on any atom is -0.384 e. The molecule has 8 heteroatoms. The van der Waals surface area contributed by atoms with Crippen LogP contribution < -0.4 is 10.6 Å². The SMILES string of the molecule is COCC1(C(=O)NC2CCN(CCOC(C)C)CC2)CCNCC1.Cl.Cl. The second-order valence-electron chi connectivity index (χ2n) is 7.47. The van der Waals surface area contributed by atoms with Gasteiger partial charge in [0.15, 0.2) is 0 Å². The number of hydrogen-bond acceptors (Lipinski definition) is 5. The topological polar surface area (TPSA) is 62.8 Å². The molecule has 26 heavy (non-hydrogen) atoms. The summed E-state index contributed by atoms with van der Waals surface area (Å²) in [6, 6.07) is 0.295. The van der Waals surface area contributed by atoms with E-state index >= 15 is 0 Å². The smallest absolute Gasteiger partial charge is 0.228 e. The fourth-order valence-electron chi connectivity index (χ4n) is 3.68. The summed E-state index contributed by atoms with van der Waals surface area (Å²) in [6.07, 6.45) is 4.06. The minimum atomic E-state index is -0.345. The highest BCUT2D eigenvalue weighted by atomic mass is 35.5. The zero-order chi connectivity index (χ0) is 17.4. The molecule has 0 unspecified atom stereocenters. The van der Waals surface area contributed by atoms with E-state index in [-0.39, 0.29) is 36.1 Å². The predicted octanol–water partition coefficient (Wildman–Crippen LogP) is 1.85. The summed E-state index contributed by atoms with van der Waals surface area (Å²) in [6.45, 7) is 10.3. The van der Waals surface area contributed by atoms with E-state index in [0.717, 1.165) is 65.0 Å². The van der Waals surface area contributed by atoms with Crippen molar-refractivity contribution in [2.24, 2.45) is 5.41 Å². The normalized spacial score (nSPS) is 20.9. The van der Waals surface area contributed by atoms with Crippen LogP contribution in [-0.2, 0) is 14.3 Å². The molecule has 0 saturated carbocycles. The standard InChI is InChI=1S/C18H35N3O3.2ClH/c1-15(2)24-13-12-21-10-4-16(5-11-21)20-17(22)18(14-23-3)6-8-19-9-7-18;;/h15-16,19H,4-14H2,1-3H3,(H,20,22);2*1H. The number of rotatable bonds is 8. The molecule has 2 heterocycles. The van der Waals surface area contributed by atoms with Crippen molar-refractivity contribution >= 4 is 30.7 Å². The highest BCUT2D eigenvalue weighted by molar-refractivity contribution is 5.85. The van der Waals surface area contributed by atoms with Crippen molar-refractivity contribution in [2.75, 3.05) is 53.0 Å². The molecule has 0 aromatic rings. The maximum atomic E-state index is 12.9. The highest BCUT2D eigenvalue weighted by Gasteiger charge is 2.40. The van der Waals surface area contributed by atoms with Crippen LogP contribution in [-0.4, -0.2) is 76.0 Å². The van der Waals surface area contributed by atoms with E-state index in [1.807, 2.05) is 0 Å². The van der Waals surface area contributed by atoms with Gasteiger partial charge in [-0.05, 0) is 52.6 Å². The third-order valence-corrected chi connectivity index (χ3v) is 5.24. The molecule has 0 aliphatic carbocycles. The van der Waals surface area contributed by atoms with Crippen LogP contribution >= 0.6 is 24.8 Å². The molecule has 0 aromatic heterocycles. The molecule has 2 N–H and O–H groups in total. The molecule has 1 amide bonds. The number of carbonyl (C=O) groups is 1. The van der Waals surface area contributed by atoms with Gasteiger partial charge in [-0.25, -0.2) is 0 Å². The zero-order valence-electron chi connectivity index (χ0n) is 16.4. The van der Waals surface area contributed by atoms with Crippen LogP contribution in [0.2, 0.25) is 0 Å². The van der Waals surface area contributed by atoms with Crippen LogP contribution in [0.15, 0.2) is 0 Å². The lowest BCUT2D eigenvalue weighted by atomic mass is 9.78. The van der Waals surface area contributed by atoms with Crippen molar-refractivity contribution in [1.29, 1.82) is 0 Å². The van der Waals surface area contributed by atoms with Crippen molar-refractivity contribution < 1.29 is 14.3 Å². The summed E-state index contributed by atoms with van der Waals surface area (Å²) in [5, 5.41) is 6.64. The van der Waals surface area contributed by atoms with Crippen molar-refractivity contribution in [1.82, 2.24) is 15.5 Å². The largest absolute Gasteiger partial charge is 0.384 e. The first-order valence-corrected chi connectivity index (χ1v) is 9.40. The summed E-state index contributed by atoms with van der Waals surface area (Å²) in [7, 11) is 1.69. The lowest BCUT2D eigenvalue weighted by Gasteiger charge is -2.38. The summed E-state index contributed by atoms with van der Waals surface area (Å²) in [5.74, 6) is 0.187. The summed E-state index contributed by atoms with van der Waals surface area (Å²) in [4.78, 5) is 15.3. The maximum absolute atomic E-state index is 12.9. The van der Waals surface area contributed by atoms with Gasteiger partial charge in [-0.3, -0.25) is 4.79 Å². The van der Waals surface area contributed by atoms with Crippen LogP contribution in [0.4, 0.5) is 0 Å². The Balaban J connectivity index is 0.00000312. The number of piperidine rings is 2. The van der Waals surface area contributed by atoms with Crippen LogP contribution in [0.3, 0.4) is 0 Å². The van der Waals surface area contributed by atoms with E-state index in [2.05, 4.69) is 29.4 Å². The Hall–Kier alpha value is -0.110. The summed E-state index contributed by atoms with van der Waals surface area (Å²) < 4.78 is 11.0. The quantitative estimate of drug-likeness (QED) is 0.635. The summed E-state index contributed by atoms with van der Waals surface area (Å²) in [5.41, 5.74) is -0.345. The number of amides is 1. The van der Waals surface area contributed by atoms with Crippen LogP contribution in [0.5, 0.6) is 0 Å². The van der Waals surface area contributed by atoms with E-state index in [1.54, 1.807) is 7.11 Å². The first kappa shape index (κ1) is 25.9. The van der Waals surface area contributed by atoms with Crippen LogP contribution in [0.25, 0.3) is 0 Å². The van der Waals surface area contributed by atoms with Crippen LogP contribution in [0, 0.1) is 5.41 Å². The third-order valence-electron chi connectivity index (χ3n) is 5.24. The maximum Gasteiger partial charge on any atom is 0.228 e. The second kappa shape index (κ2) is 13.1. The Morgan fingerprint density at radius 3 is 2.38 bits per heavy atom. The molecule has 6 nitrogen and oxygen atoms in total. The van der Waals surface area contributed by atoms with Gasteiger partial charge in [0.1, 0.15) is 0 Å². The average Bonchev–Trinajstić information content (AvgIpc) is 2.57. The fourth-order valence-corrected chi connectivity index (χ4v) is 3.68. The number of hydrogen-bond donors (Lipinski definition) is 2. The molecule has 2 rings (SSSR count). The molecule has 0 bridgehead atoms. The lowest BCUT2D eigenvalue weighted by molar-refractivity contribution is -0.137. The minimum absolute atomic E-state index is 0. The van der Waals surface area contributed by atoms with E-state index < -0.39 is 0 Å². The number of nitrogens with one attached hydrogen (secondary N) is 2. The molecule has 0 aromatic carbocycles. The first-order valence-electron chi connectivity index (χ1n) is 9.40. The van der Waals surface area contributed by atoms with Crippen molar-refractivity contribution in [3.63, 3.8) is 0 Å². The van der Waals surface area contributed by atoms with Gasteiger partial charge in [0.2, 0.25) is 5.91 Å². The van der Waals surface area contributed by atoms with Gasteiger partial charge in [-0.2, -0.15) is 0 Å². The molecular formula is C18H37Cl2N3O3. The number of carbonyl (C=O) groups excluding carboxylic acids is 1. The van der Waals surface area contributed by atoms with Gasteiger partial charge in [0.25, 0.3) is 0 Å². The van der Waals surface area contributed by atoms with E-state index in [4.69, 9.17) is 9.47 Å². The Bertz CT molecular complexity index is 380. The number of methoxy groups -OCH3 is 1. The Morgan fingerprint density at radius 1 is 1.23 bits per heavy atom. The fraction of sp³-hybridized carbons (Fsp3) is 0.944. The molecule has 2 saturated heterocycles. The molecular weight excluding hydrogens is 377 g/mol. The average molecular weight is 414 g/mol. The number of halogens is 2. The van der Waals surface area contributed by atoms with E-state index in [1.165, 1.54) is 0 Å². The van der Waals surface area contributed by atoms with Crippen molar-refractivity contribution in [3.8, 4) is 0 Å². The number of ether oxygens (including phenoxy) is 2. The van der Waals surface area contributed by atoms with Gasteiger partial charge >= 0.3 is 0 Å². The molecule has 0 spiro atoms. The molecule has 156 valence electrons. The van der Waals surface area contributed by atoms with Gasteiger partial charge in [0, 0.05) is 32.8 Å². The third kappa shape index (κ3) is 7.87. The van der Waals surface area contributed by atoms with Gasteiger partial charge < -0.3 is 25.0 Å². The molecule has 0 atom stereocenters. The summed E-state index contributed by atoms with van der Waals surface area (Å²) >= 11 is 0. The molecule has 2 aliphatic heterocycles. The van der Waals surface area contributed by atoms with Gasteiger partial charge in [-0.1, -0.05) is 0 Å². The van der Waals surface area contributed by atoms with Crippen molar-refractivity contribution in [2.45, 2.75) is 51.7 Å². The first-order chi connectivity index (χ1) is 11.6. The molecule has 0 radical (unpaired) electrons. The number of nitrogens with zero attached hydrogens (tertiary/aromatic N) is 1. The lowest BCUT2D eigenvalue weighted by Crippen LogP contribution is -2.54. The van der Waals surface area contributed by atoms with Gasteiger partial charge in [0.05, 0.1) is 24.7 Å². The van der Waals surface area contributed by atoms with Gasteiger partial charge in [-0.15, -0.1) is 24.8 Å². The van der Waals surface area contributed by atoms with Crippen LogP contribution in [0.1, 0.15) is 39.5 Å². The Labute approximate surface area is 170 Å². The molecule has 2 aliphatic rings. The second-order valence-corrected chi connectivity index (χ2v) is 7.47. The molecule has 2 fully saturated rings. The monoisotopic (exact) mass is 413 g/mol. The highest BCUT2D eigenvalue weighted by Crippen LogP contribution is 2.30. The zero-order valence-corrected chi connectivity index (χ0v) is 18.1. The Kier molecular flexibility index (Phi) is 13.1. The predicted molar refractivity (Wildman–Crippen MR) is 110 cm³/mol.